The molecule has 0 spiro atoms. The summed E-state index contributed by atoms with van der Waals surface area (Å²) < 4.78 is 27.5. The van der Waals surface area contributed by atoms with Gasteiger partial charge in [-0.2, -0.15) is 0 Å². The number of benzene rings is 1. The van der Waals surface area contributed by atoms with E-state index < -0.39 is 11.6 Å². The first-order chi connectivity index (χ1) is 9.13. The topological polar surface area (TPSA) is 15.3 Å². The van der Waals surface area contributed by atoms with E-state index in [1.165, 1.54) is 24.6 Å². The Morgan fingerprint density at radius 2 is 2.00 bits per heavy atom. The van der Waals surface area contributed by atoms with Crippen molar-refractivity contribution in [1.29, 1.82) is 0 Å². The first-order valence-corrected chi connectivity index (χ1v) is 6.97. The molecule has 1 aromatic carbocycles. The van der Waals surface area contributed by atoms with Crippen molar-refractivity contribution in [3.05, 3.63) is 35.4 Å². The quantitative estimate of drug-likeness (QED) is 0.903. The summed E-state index contributed by atoms with van der Waals surface area (Å²) in [5, 5.41) is 3.25. The van der Waals surface area contributed by atoms with Crippen LogP contribution >= 0.6 is 0 Å². The maximum absolute atomic E-state index is 13.7. The summed E-state index contributed by atoms with van der Waals surface area (Å²) in [6, 6.07) is 4.75. The molecule has 0 radical (unpaired) electrons. The number of hydrogen-bond acceptors (Lipinski definition) is 2. The van der Waals surface area contributed by atoms with Crippen LogP contribution in [0.2, 0.25) is 0 Å². The molecule has 0 saturated carbocycles. The summed E-state index contributed by atoms with van der Waals surface area (Å²) in [5.41, 5.74) is 0.192. The molecule has 1 aliphatic heterocycles. The van der Waals surface area contributed by atoms with E-state index in [9.17, 15) is 8.78 Å². The van der Waals surface area contributed by atoms with Crippen LogP contribution in [0.25, 0.3) is 0 Å². The normalized spacial score (nSPS) is 22.4. The fraction of sp³-hybridized carbons (Fsp3) is 0.600. The van der Waals surface area contributed by atoms with Gasteiger partial charge in [0.15, 0.2) is 0 Å². The molecule has 0 aromatic heterocycles. The van der Waals surface area contributed by atoms with E-state index in [2.05, 4.69) is 17.1 Å². The molecule has 2 unspecified atom stereocenters. The van der Waals surface area contributed by atoms with Crippen LogP contribution in [-0.2, 0) is 6.54 Å². The standard InChI is InChI=1S/C15H22F2N2/c1-11(18-2)15-8-3-4-9-19(15)10-12-13(16)6-5-7-14(12)17/h5-7,11,15,18H,3-4,8-10H2,1-2H3. The number of likely N-dealkylation sites (tertiary alicyclic amines) is 1. The van der Waals surface area contributed by atoms with Gasteiger partial charge in [0.1, 0.15) is 11.6 Å². The molecule has 1 aliphatic rings. The summed E-state index contributed by atoms with van der Waals surface area (Å²) in [6.07, 6.45) is 3.37. The first-order valence-electron chi connectivity index (χ1n) is 6.97. The molecule has 0 bridgehead atoms. The lowest BCUT2D eigenvalue weighted by Crippen LogP contribution is -2.49. The van der Waals surface area contributed by atoms with Crippen molar-refractivity contribution in [2.45, 2.75) is 44.8 Å². The monoisotopic (exact) mass is 268 g/mol. The summed E-state index contributed by atoms with van der Waals surface area (Å²) in [7, 11) is 1.93. The minimum atomic E-state index is -0.443. The second kappa shape index (κ2) is 6.44. The molecule has 1 heterocycles. The van der Waals surface area contributed by atoms with Crippen LogP contribution in [0.5, 0.6) is 0 Å². The second-order valence-electron chi connectivity index (χ2n) is 5.31. The molecular formula is C15H22F2N2. The molecule has 1 aromatic rings. The van der Waals surface area contributed by atoms with E-state index in [1.807, 2.05) is 7.05 Å². The summed E-state index contributed by atoms with van der Waals surface area (Å²) in [5.74, 6) is -0.886. The Hall–Kier alpha value is -1.00. The molecule has 0 amide bonds. The van der Waals surface area contributed by atoms with Gasteiger partial charge in [-0.15, -0.1) is 0 Å². The van der Waals surface area contributed by atoms with Crippen LogP contribution < -0.4 is 5.32 Å². The summed E-state index contributed by atoms with van der Waals surface area (Å²) >= 11 is 0. The predicted octanol–water partition coefficient (Wildman–Crippen LogP) is 2.93. The Kier molecular flexibility index (Phi) is 4.88. The fourth-order valence-corrected chi connectivity index (χ4v) is 2.86. The lowest BCUT2D eigenvalue weighted by atomic mass is 9.95. The number of nitrogens with one attached hydrogen (secondary N) is 1. The molecule has 106 valence electrons. The molecule has 1 saturated heterocycles. The fourth-order valence-electron chi connectivity index (χ4n) is 2.86. The van der Waals surface area contributed by atoms with Gasteiger partial charge in [-0.3, -0.25) is 4.90 Å². The van der Waals surface area contributed by atoms with Gasteiger partial charge in [0.2, 0.25) is 0 Å². The van der Waals surface area contributed by atoms with Crippen molar-refractivity contribution in [3.8, 4) is 0 Å². The number of hydrogen-bond donors (Lipinski definition) is 1. The molecule has 4 heteroatoms. The lowest BCUT2D eigenvalue weighted by Gasteiger charge is -2.39. The summed E-state index contributed by atoms with van der Waals surface area (Å²) in [4.78, 5) is 2.20. The highest BCUT2D eigenvalue weighted by Gasteiger charge is 2.27. The number of halogens is 2. The van der Waals surface area contributed by atoms with Crippen LogP contribution in [0.15, 0.2) is 18.2 Å². The highest BCUT2D eigenvalue weighted by atomic mass is 19.1. The zero-order chi connectivity index (χ0) is 13.8. The average molecular weight is 268 g/mol. The van der Waals surface area contributed by atoms with Gasteiger partial charge in [0.05, 0.1) is 0 Å². The maximum Gasteiger partial charge on any atom is 0.130 e. The van der Waals surface area contributed by atoms with E-state index in [1.54, 1.807) is 0 Å². The minimum Gasteiger partial charge on any atom is -0.316 e. The SMILES string of the molecule is CNC(C)C1CCCCN1Cc1c(F)cccc1F. The van der Waals surface area contributed by atoms with Gasteiger partial charge in [-0.25, -0.2) is 8.78 Å². The van der Waals surface area contributed by atoms with Crippen molar-refractivity contribution in [3.63, 3.8) is 0 Å². The van der Waals surface area contributed by atoms with Crippen LogP contribution in [0, 0.1) is 11.6 Å². The lowest BCUT2D eigenvalue weighted by molar-refractivity contribution is 0.111. The number of likely N-dealkylation sites (N-methyl/N-ethyl adjacent to an activating group) is 1. The Labute approximate surface area is 113 Å². The maximum atomic E-state index is 13.7. The van der Waals surface area contributed by atoms with E-state index in [-0.39, 0.29) is 5.56 Å². The Balaban J connectivity index is 2.15. The summed E-state index contributed by atoms with van der Waals surface area (Å²) in [6.45, 7) is 3.39. The highest BCUT2D eigenvalue weighted by molar-refractivity contribution is 5.19. The van der Waals surface area contributed by atoms with Crippen molar-refractivity contribution >= 4 is 0 Å². The van der Waals surface area contributed by atoms with E-state index in [0.29, 0.717) is 18.6 Å². The van der Waals surface area contributed by atoms with Gasteiger partial charge < -0.3 is 5.32 Å². The van der Waals surface area contributed by atoms with Crippen molar-refractivity contribution in [2.24, 2.45) is 0 Å². The molecule has 2 atom stereocenters. The smallest absolute Gasteiger partial charge is 0.130 e. The van der Waals surface area contributed by atoms with Crippen molar-refractivity contribution in [2.75, 3.05) is 13.6 Å². The largest absolute Gasteiger partial charge is 0.316 e. The van der Waals surface area contributed by atoms with Gasteiger partial charge >= 0.3 is 0 Å². The van der Waals surface area contributed by atoms with Crippen molar-refractivity contribution in [1.82, 2.24) is 10.2 Å². The van der Waals surface area contributed by atoms with E-state index in [0.717, 1.165) is 19.4 Å². The van der Waals surface area contributed by atoms with Gasteiger partial charge in [-0.1, -0.05) is 12.5 Å². The third-order valence-corrected chi connectivity index (χ3v) is 4.12. The molecule has 1 fully saturated rings. The van der Waals surface area contributed by atoms with E-state index in [4.69, 9.17) is 0 Å². The number of piperidine rings is 1. The Morgan fingerprint density at radius 3 is 2.63 bits per heavy atom. The molecule has 19 heavy (non-hydrogen) atoms. The highest BCUT2D eigenvalue weighted by Crippen LogP contribution is 2.24. The predicted molar refractivity (Wildman–Crippen MR) is 72.9 cm³/mol. The molecule has 2 rings (SSSR count). The molecular weight excluding hydrogens is 246 g/mol. The van der Waals surface area contributed by atoms with Crippen molar-refractivity contribution < 1.29 is 8.78 Å². The van der Waals surface area contributed by atoms with E-state index >= 15 is 0 Å². The van der Waals surface area contributed by atoms with Crippen LogP contribution in [0.1, 0.15) is 31.7 Å². The Morgan fingerprint density at radius 1 is 1.32 bits per heavy atom. The second-order valence-corrected chi connectivity index (χ2v) is 5.31. The van der Waals surface area contributed by atoms with Gasteiger partial charge in [0.25, 0.3) is 0 Å². The zero-order valence-corrected chi connectivity index (χ0v) is 11.6. The molecule has 0 aliphatic carbocycles. The van der Waals surface area contributed by atoms with Crippen LogP contribution in [-0.4, -0.2) is 30.6 Å². The third-order valence-electron chi connectivity index (χ3n) is 4.12. The molecule has 2 nitrogen and oxygen atoms in total. The third kappa shape index (κ3) is 3.31. The van der Waals surface area contributed by atoms with Crippen LogP contribution in [0.3, 0.4) is 0 Å². The van der Waals surface area contributed by atoms with Gasteiger partial charge in [0, 0.05) is 24.2 Å². The first kappa shape index (κ1) is 14.4. The zero-order valence-electron chi connectivity index (χ0n) is 11.6. The number of nitrogens with zero attached hydrogens (tertiary/aromatic N) is 1. The Bertz CT molecular complexity index is 402. The molecule has 1 N–H and O–H groups in total. The van der Waals surface area contributed by atoms with Gasteiger partial charge in [-0.05, 0) is 45.5 Å². The number of rotatable bonds is 4. The van der Waals surface area contributed by atoms with Crippen LogP contribution in [0.4, 0.5) is 8.78 Å². The minimum absolute atomic E-state index is 0.192. The average Bonchev–Trinajstić information content (AvgIpc) is 2.42.